The summed E-state index contributed by atoms with van der Waals surface area (Å²) in [4.78, 5) is 1.93. The number of hydrogen-bond donors (Lipinski definition) is 3. The minimum atomic E-state index is -0.728. The molecule has 0 radical (unpaired) electrons. The van der Waals surface area contributed by atoms with Gasteiger partial charge in [-0.05, 0) is 57.7 Å². The van der Waals surface area contributed by atoms with Crippen LogP contribution in [0.5, 0.6) is 0 Å². The van der Waals surface area contributed by atoms with Gasteiger partial charge in [-0.15, -0.1) is 0 Å². The van der Waals surface area contributed by atoms with Gasteiger partial charge in [0.15, 0.2) is 0 Å². The highest BCUT2D eigenvalue weighted by atomic mass is 16.3. The molecule has 4 N–H and O–H groups in total. The number of nitriles is 1. The van der Waals surface area contributed by atoms with Crippen LogP contribution in [0.25, 0.3) is 0 Å². The largest absolute Gasteiger partial charge is 0.513 e. The lowest BCUT2D eigenvalue weighted by molar-refractivity contribution is 0.366. The summed E-state index contributed by atoms with van der Waals surface area (Å²) in [5.74, 6) is 0.224. The molecule has 0 amide bonds. The van der Waals surface area contributed by atoms with Crippen molar-refractivity contribution < 1.29 is 5.11 Å². The standard InChI is InChI=1S/C17H24N4O.C2H6/c1-6-20-17(5,13(3)14(4)22)21(11-19)16-8-7-15(10-18)9-12(16)2;1-2/h6-9,20,22H,1,11,19H2,2-5H3;1-2H3/b14-13+;. The number of anilines is 1. The lowest BCUT2D eigenvalue weighted by Gasteiger charge is -2.44. The monoisotopic (exact) mass is 330 g/mol. The summed E-state index contributed by atoms with van der Waals surface area (Å²) in [6.07, 6.45) is 1.58. The number of allylic oxidation sites excluding steroid dienone is 1. The molecule has 0 aliphatic heterocycles. The summed E-state index contributed by atoms with van der Waals surface area (Å²) in [6.45, 7) is 15.3. The van der Waals surface area contributed by atoms with Crippen LogP contribution in [0.3, 0.4) is 0 Å². The van der Waals surface area contributed by atoms with Gasteiger partial charge in [-0.25, -0.2) is 0 Å². The van der Waals surface area contributed by atoms with Gasteiger partial charge in [0.05, 0.1) is 24.1 Å². The number of nitrogens with one attached hydrogen (secondary N) is 1. The van der Waals surface area contributed by atoms with Crippen molar-refractivity contribution in [3.8, 4) is 6.07 Å². The first kappa shape index (κ1) is 21.6. The lowest BCUT2D eigenvalue weighted by Crippen LogP contribution is -2.58. The normalized spacial score (nSPS) is 13.4. The second-order valence-electron chi connectivity index (χ2n) is 5.35. The van der Waals surface area contributed by atoms with Crippen molar-refractivity contribution in [3.05, 3.63) is 53.4 Å². The van der Waals surface area contributed by atoms with Gasteiger partial charge in [-0.3, -0.25) is 0 Å². The number of hydrogen-bond acceptors (Lipinski definition) is 5. The molecule has 24 heavy (non-hydrogen) atoms. The Balaban J connectivity index is 0.00000254. The molecule has 0 aliphatic rings. The number of benzene rings is 1. The minimum absolute atomic E-state index is 0.224. The Labute approximate surface area is 146 Å². The fraction of sp³-hybridized carbons (Fsp3) is 0.421. The highest BCUT2D eigenvalue weighted by Crippen LogP contribution is 2.31. The predicted octanol–water partition coefficient (Wildman–Crippen LogP) is 3.92. The summed E-state index contributed by atoms with van der Waals surface area (Å²) in [7, 11) is 0. The van der Waals surface area contributed by atoms with E-state index in [1.807, 2.05) is 51.7 Å². The molecule has 0 fully saturated rings. The molecule has 1 atom stereocenters. The highest BCUT2D eigenvalue weighted by Gasteiger charge is 2.34. The molecule has 5 heteroatoms. The van der Waals surface area contributed by atoms with Gasteiger partial charge >= 0.3 is 0 Å². The molecule has 0 heterocycles. The van der Waals surface area contributed by atoms with E-state index in [9.17, 15) is 5.11 Å². The van der Waals surface area contributed by atoms with Gasteiger partial charge in [-0.1, -0.05) is 20.4 Å². The van der Waals surface area contributed by atoms with Crippen LogP contribution in [0.15, 0.2) is 42.3 Å². The molecular formula is C19H30N4O. The van der Waals surface area contributed by atoms with Gasteiger partial charge in [-0.2, -0.15) is 5.26 Å². The molecule has 1 rings (SSSR count). The Bertz CT molecular complexity index is 627. The molecule has 1 unspecified atom stereocenters. The first-order valence-corrected chi connectivity index (χ1v) is 8.05. The number of aryl methyl sites for hydroxylation is 1. The van der Waals surface area contributed by atoms with E-state index in [2.05, 4.69) is 18.0 Å². The third-order valence-corrected chi connectivity index (χ3v) is 4.00. The fourth-order valence-corrected chi connectivity index (χ4v) is 2.49. The van der Waals surface area contributed by atoms with Crippen LogP contribution in [0, 0.1) is 18.3 Å². The Hall–Kier alpha value is -2.45. The summed E-state index contributed by atoms with van der Waals surface area (Å²) in [5.41, 5.74) is 8.41. The summed E-state index contributed by atoms with van der Waals surface area (Å²) in [5, 5.41) is 22.1. The van der Waals surface area contributed by atoms with E-state index in [1.54, 1.807) is 19.2 Å². The summed E-state index contributed by atoms with van der Waals surface area (Å²) >= 11 is 0. The van der Waals surface area contributed by atoms with E-state index in [1.165, 1.54) is 0 Å². The van der Waals surface area contributed by atoms with Crippen LogP contribution in [0.2, 0.25) is 0 Å². The highest BCUT2D eigenvalue weighted by molar-refractivity contribution is 5.59. The smallest absolute Gasteiger partial charge is 0.134 e. The van der Waals surface area contributed by atoms with Crippen molar-refractivity contribution in [2.75, 3.05) is 11.6 Å². The second kappa shape index (κ2) is 9.64. The molecule has 132 valence electrons. The first-order chi connectivity index (χ1) is 11.3. The molecule has 5 nitrogen and oxygen atoms in total. The maximum absolute atomic E-state index is 9.92. The molecule has 0 aromatic heterocycles. The van der Waals surface area contributed by atoms with Crippen LogP contribution in [0.4, 0.5) is 5.69 Å². The van der Waals surface area contributed by atoms with E-state index in [-0.39, 0.29) is 12.4 Å². The van der Waals surface area contributed by atoms with Gasteiger partial charge in [0, 0.05) is 11.3 Å². The Morgan fingerprint density at radius 2 is 2.04 bits per heavy atom. The van der Waals surface area contributed by atoms with Crippen LogP contribution >= 0.6 is 0 Å². The van der Waals surface area contributed by atoms with E-state index < -0.39 is 5.66 Å². The molecule has 0 spiro atoms. The van der Waals surface area contributed by atoms with Crippen molar-refractivity contribution in [3.63, 3.8) is 0 Å². The number of aliphatic hydroxyl groups is 1. The maximum Gasteiger partial charge on any atom is 0.134 e. The molecule has 1 aromatic rings. The van der Waals surface area contributed by atoms with E-state index in [0.717, 1.165) is 16.8 Å². The quantitative estimate of drug-likeness (QED) is 0.544. The molecule has 0 bridgehead atoms. The van der Waals surface area contributed by atoms with Gasteiger partial charge in [0.1, 0.15) is 5.66 Å². The van der Waals surface area contributed by atoms with Crippen molar-refractivity contribution in [2.24, 2.45) is 5.73 Å². The van der Waals surface area contributed by atoms with Crippen molar-refractivity contribution in [2.45, 2.75) is 47.2 Å². The molecule has 0 saturated carbocycles. The zero-order chi connectivity index (χ0) is 18.9. The topological polar surface area (TPSA) is 85.3 Å². The molecule has 0 saturated heterocycles. The Kier molecular flexibility index (Phi) is 8.65. The zero-order valence-corrected chi connectivity index (χ0v) is 15.6. The van der Waals surface area contributed by atoms with Crippen LogP contribution in [-0.4, -0.2) is 17.4 Å². The van der Waals surface area contributed by atoms with Crippen molar-refractivity contribution in [1.29, 1.82) is 5.26 Å². The summed E-state index contributed by atoms with van der Waals surface area (Å²) < 4.78 is 0. The SMILES string of the molecule is C=CNC(C)(/C(C)=C(\C)O)N(CN)c1ccc(C#N)cc1C.CC. The molecular weight excluding hydrogens is 300 g/mol. The maximum atomic E-state index is 9.92. The molecule has 1 aromatic carbocycles. The fourth-order valence-electron chi connectivity index (χ4n) is 2.49. The Morgan fingerprint density at radius 1 is 1.46 bits per heavy atom. The first-order valence-electron chi connectivity index (χ1n) is 8.05. The third-order valence-electron chi connectivity index (χ3n) is 4.00. The average molecular weight is 330 g/mol. The lowest BCUT2D eigenvalue weighted by atomic mass is 9.97. The summed E-state index contributed by atoms with van der Waals surface area (Å²) in [6, 6.07) is 7.56. The third kappa shape index (κ3) is 4.53. The predicted molar refractivity (Wildman–Crippen MR) is 102 cm³/mol. The average Bonchev–Trinajstić information content (AvgIpc) is 2.58. The number of aliphatic hydroxyl groups excluding tert-OH is 1. The number of nitrogens with zero attached hydrogens (tertiary/aromatic N) is 2. The van der Waals surface area contributed by atoms with Crippen LogP contribution in [0.1, 0.15) is 45.7 Å². The van der Waals surface area contributed by atoms with Gasteiger partial charge in [0.2, 0.25) is 0 Å². The van der Waals surface area contributed by atoms with Crippen LogP contribution < -0.4 is 16.0 Å². The number of nitrogens with two attached hydrogens (primary N) is 1. The zero-order valence-electron chi connectivity index (χ0n) is 15.6. The van der Waals surface area contributed by atoms with Gasteiger partial charge < -0.3 is 21.1 Å². The number of rotatable bonds is 6. The van der Waals surface area contributed by atoms with Crippen LogP contribution in [-0.2, 0) is 0 Å². The minimum Gasteiger partial charge on any atom is -0.513 e. The van der Waals surface area contributed by atoms with E-state index in [4.69, 9.17) is 11.0 Å². The van der Waals surface area contributed by atoms with E-state index in [0.29, 0.717) is 5.56 Å². The van der Waals surface area contributed by atoms with Crippen molar-refractivity contribution >= 4 is 5.69 Å². The van der Waals surface area contributed by atoms with Crippen molar-refractivity contribution in [1.82, 2.24) is 5.32 Å². The van der Waals surface area contributed by atoms with E-state index >= 15 is 0 Å². The second-order valence-corrected chi connectivity index (χ2v) is 5.35. The molecule has 0 aliphatic carbocycles. The van der Waals surface area contributed by atoms with Gasteiger partial charge in [0.25, 0.3) is 0 Å². The Morgan fingerprint density at radius 3 is 2.42 bits per heavy atom.